The first kappa shape index (κ1) is 23.3. The molecule has 0 aliphatic carbocycles. The number of amidine groups is 1. The van der Waals surface area contributed by atoms with Crippen molar-refractivity contribution in [2.75, 3.05) is 11.9 Å². The maximum atomic E-state index is 13.2. The number of nitrogens with one attached hydrogen (secondary N) is 1. The van der Waals surface area contributed by atoms with Crippen molar-refractivity contribution in [3.63, 3.8) is 0 Å². The van der Waals surface area contributed by atoms with E-state index in [1.54, 1.807) is 4.90 Å². The van der Waals surface area contributed by atoms with Gasteiger partial charge in [0, 0.05) is 18.7 Å². The highest BCUT2D eigenvalue weighted by Gasteiger charge is 2.39. The van der Waals surface area contributed by atoms with Crippen molar-refractivity contribution < 1.29 is 19.5 Å². The van der Waals surface area contributed by atoms with Gasteiger partial charge in [-0.1, -0.05) is 60.3 Å². The Hall–Kier alpha value is -3.91. The van der Waals surface area contributed by atoms with Gasteiger partial charge in [0.05, 0.1) is 11.3 Å². The fourth-order valence-corrected chi connectivity index (χ4v) is 4.69. The third-order valence-corrected chi connectivity index (χ3v) is 6.43. The molecule has 0 aromatic heterocycles. The van der Waals surface area contributed by atoms with Crippen molar-refractivity contribution in [1.82, 2.24) is 4.90 Å². The maximum Gasteiger partial charge on any atom is 0.335 e. The van der Waals surface area contributed by atoms with Crippen LogP contribution in [0.25, 0.3) is 0 Å². The normalized spacial score (nSPS) is 16.6. The molecular formula is C26H23N3O4S. The number of hydrogen-bond donors (Lipinski definition) is 2. The Labute approximate surface area is 201 Å². The Morgan fingerprint density at radius 2 is 1.59 bits per heavy atom. The van der Waals surface area contributed by atoms with E-state index >= 15 is 0 Å². The molecule has 1 heterocycles. The first-order valence-corrected chi connectivity index (χ1v) is 11.7. The van der Waals surface area contributed by atoms with Crippen LogP contribution in [0.5, 0.6) is 0 Å². The zero-order valence-electron chi connectivity index (χ0n) is 18.3. The van der Waals surface area contributed by atoms with Crippen LogP contribution in [-0.4, -0.2) is 44.8 Å². The van der Waals surface area contributed by atoms with Crippen molar-refractivity contribution in [3.8, 4) is 0 Å². The summed E-state index contributed by atoms with van der Waals surface area (Å²) < 4.78 is 0. The van der Waals surface area contributed by atoms with Gasteiger partial charge in [0.1, 0.15) is 5.25 Å². The minimum Gasteiger partial charge on any atom is -0.478 e. The van der Waals surface area contributed by atoms with Crippen LogP contribution in [0.2, 0.25) is 0 Å². The number of amides is 2. The van der Waals surface area contributed by atoms with Crippen LogP contribution < -0.4 is 5.32 Å². The van der Waals surface area contributed by atoms with Crippen LogP contribution in [0.4, 0.5) is 11.4 Å². The molecule has 0 saturated carbocycles. The number of carboxylic acids is 1. The number of aliphatic imine (C=N–C) groups is 1. The van der Waals surface area contributed by atoms with Crippen molar-refractivity contribution in [2.24, 2.45) is 4.99 Å². The van der Waals surface area contributed by atoms with Gasteiger partial charge in [0.15, 0.2) is 5.17 Å². The number of anilines is 1. The summed E-state index contributed by atoms with van der Waals surface area (Å²) in [5.74, 6) is -1.50. The lowest BCUT2D eigenvalue weighted by Gasteiger charge is -2.16. The predicted octanol–water partition coefficient (Wildman–Crippen LogP) is 4.59. The van der Waals surface area contributed by atoms with Crippen molar-refractivity contribution in [1.29, 1.82) is 0 Å². The molecule has 8 heteroatoms. The number of benzene rings is 3. The SMILES string of the molecule is O=C(C[C@@H]1SC(=Nc2ccccc2)N(CCc2ccccc2)C1=O)Nc1ccc(C(=O)O)cc1. The summed E-state index contributed by atoms with van der Waals surface area (Å²) in [4.78, 5) is 43.2. The molecule has 1 saturated heterocycles. The van der Waals surface area contributed by atoms with Gasteiger partial charge in [0.2, 0.25) is 11.8 Å². The molecular weight excluding hydrogens is 450 g/mol. The monoisotopic (exact) mass is 473 g/mol. The molecule has 1 atom stereocenters. The molecule has 0 spiro atoms. The van der Waals surface area contributed by atoms with E-state index in [4.69, 9.17) is 5.11 Å². The molecule has 1 fully saturated rings. The Kier molecular flexibility index (Phi) is 7.39. The average molecular weight is 474 g/mol. The third-order valence-electron chi connectivity index (χ3n) is 5.25. The number of rotatable bonds is 8. The van der Waals surface area contributed by atoms with Gasteiger partial charge in [-0.2, -0.15) is 0 Å². The van der Waals surface area contributed by atoms with Gasteiger partial charge in [-0.25, -0.2) is 9.79 Å². The van der Waals surface area contributed by atoms with Crippen molar-refractivity contribution in [3.05, 3.63) is 96.1 Å². The number of carbonyl (C=O) groups is 3. The number of carbonyl (C=O) groups excluding carboxylic acids is 2. The standard InChI is InChI=1S/C26H23N3O4S/c30-23(27-21-13-11-19(12-14-21)25(32)33)17-22-24(31)29(16-15-18-7-3-1-4-8-18)26(34-22)28-20-9-5-2-6-10-20/h1-14,22H,15-17H2,(H,27,30)(H,32,33)/t22-/m0/s1. The molecule has 0 radical (unpaired) electrons. The van der Waals surface area contributed by atoms with E-state index in [1.807, 2.05) is 60.7 Å². The van der Waals surface area contributed by atoms with Gasteiger partial charge >= 0.3 is 5.97 Å². The summed E-state index contributed by atoms with van der Waals surface area (Å²) in [5, 5.41) is 11.7. The highest BCUT2D eigenvalue weighted by Crippen LogP contribution is 2.32. The summed E-state index contributed by atoms with van der Waals surface area (Å²) in [6.07, 6.45) is 0.662. The van der Waals surface area contributed by atoms with Crippen LogP contribution in [0.1, 0.15) is 22.3 Å². The van der Waals surface area contributed by atoms with E-state index in [9.17, 15) is 14.4 Å². The van der Waals surface area contributed by atoms with E-state index in [2.05, 4.69) is 10.3 Å². The molecule has 34 heavy (non-hydrogen) atoms. The average Bonchev–Trinajstić information content (AvgIpc) is 3.12. The number of hydrogen-bond acceptors (Lipinski definition) is 5. The maximum absolute atomic E-state index is 13.2. The van der Waals surface area contributed by atoms with Gasteiger partial charge in [-0.15, -0.1) is 0 Å². The molecule has 7 nitrogen and oxygen atoms in total. The number of aromatic carboxylic acids is 1. The molecule has 3 aromatic carbocycles. The fraction of sp³-hybridized carbons (Fsp3) is 0.154. The van der Waals surface area contributed by atoms with Gasteiger partial charge in [-0.05, 0) is 48.4 Å². The summed E-state index contributed by atoms with van der Waals surface area (Å²) in [6.45, 7) is 0.469. The minimum atomic E-state index is -1.04. The molecule has 0 unspecified atom stereocenters. The largest absolute Gasteiger partial charge is 0.478 e. The molecule has 2 N–H and O–H groups in total. The molecule has 0 bridgehead atoms. The molecule has 3 aromatic rings. The molecule has 1 aliphatic rings. The zero-order valence-corrected chi connectivity index (χ0v) is 19.1. The number of thioether (sulfide) groups is 1. The predicted molar refractivity (Wildman–Crippen MR) is 133 cm³/mol. The summed E-state index contributed by atoms with van der Waals surface area (Å²) in [6, 6.07) is 25.2. The fourth-order valence-electron chi connectivity index (χ4n) is 3.51. The molecule has 172 valence electrons. The first-order chi connectivity index (χ1) is 16.5. The topological polar surface area (TPSA) is 99.1 Å². The Morgan fingerprint density at radius 1 is 0.941 bits per heavy atom. The lowest BCUT2D eigenvalue weighted by molar-refractivity contribution is -0.128. The van der Waals surface area contributed by atoms with E-state index in [0.29, 0.717) is 23.8 Å². The highest BCUT2D eigenvalue weighted by atomic mass is 32.2. The van der Waals surface area contributed by atoms with Crippen LogP contribution in [0.3, 0.4) is 0 Å². The van der Waals surface area contributed by atoms with E-state index in [0.717, 1.165) is 11.3 Å². The summed E-state index contributed by atoms with van der Waals surface area (Å²) in [5.41, 5.74) is 2.47. The number of carboxylic acid groups (broad SMARTS) is 1. The Bertz CT molecular complexity index is 1200. The summed E-state index contributed by atoms with van der Waals surface area (Å²) in [7, 11) is 0. The van der Waals surface area contributed by atoms with Crippen molar-refractivity contribution >= 4 is 46.1 Å². The lowest BCUT2D eigenvalue weighted by Crippen LogP contribution is -2.35. The van der Waals surface area contributed by atoms with Gasteiger partial charge in [0.25, 0.3) is 0 Å². The Balaban J connectivity index is 1.46. The van der Waals surface area contributed by atoms with Crippen LogP contribution in [-0.2, 0) is 16.0 Å². The highest BCUT2D eigenvalue weighted by molar-refractivity contribution is 8.15. The summed E-state index contributed by atoms with van der Waals surface area (Å²) >= 11 is 1.29. The van der Waals surface area contributed by atoms with Gasteiger partial charge in [-0.3, -0.25) is 14.5 Å². The second-order valence-electron chi connectivity index (χ2n) is 7.70. The first-order valence-electron chi connectivity index (χ1n) is 10.8. The third kappa shape index (κ3) is 5.90. The second-order valence-corrected chi connectivity index (χ2v) is 8.87. The zero-order chi connectivity index (χ0) is 23.9. The smallest absolute Gasteiger partial charge is 0.335 e. The number of nitrogens with zero attached hydrogens (tertiary/aromatic N) is 2. The van der Waals surface area contributed by atoms with E-state index in [1.165, 1.54) is 36.0 Å². The van der Waals surface area contributed by atoms with E-state index < -0.39 is 11.2 Å². The lowest BCUT2D eigenvalue weighted by atomic mass is 10.1. The van der Waals surface area contributed by atoms with Crippen LogP contribution in [0, 0.1) is 0 Å². The molecule has 4 rings (SSSR count). The molecule has 2 amide bonds. The Morgan fingerprint density at radius 3 is 2.24 bits per heavy atom. The van der Waals surface area contributed by atoms with Crippen molar-refractivity contribution in [2.45, 2.75) is 18.1 Å². The van der Waals surface area contributed by atoms with E-state index in [-0.39, 0.29) is 23.8 Å². The van der Waals surface area contributed by atoms with Crippen LogP contribution >= 0.6 is 11.8 Å². The molecule has 1 aliphatic heterocycles. The second kappa shape index (κ2) is 10.8. The quantitative estimate of drug-likeness (QED) is 0.499. The number of para-hydroxylation sites is 1. The minimum absolute atomic E-state index is 0.0141. The van der Waals surface area contributed by atoms with Crippen LogP contribution in [0.15, 0.2) is 89.9 Å². The van der Waals surface area contributed by atoms with Gasteiger partial charge < -0.3 is 10.4 Å².